The van der Waals surface area contributed by atoms with Crippen LogP contribution in [0.5, 0.6) is 0 Å². The van der Waals surface area contributed by atoms with Crippen molar-refractivity contribution < 1.29 is 0 Å². The first-order valence-electron chi connectivity index (χ1n) is 2.12. The topological polar surface area (TPSA) is 12.9 Å². The Labute approximate surface area is 64.5 Å². The molecule has 42 valence electrons. The summed E-state index contributed by atoms with van der Waals surface area (Å²) in [6.07, 6.45) is 3.59. The van der Waals surface area contributed by atoms with Crippen LogP contribution in [0.15, 0.2) is 29.4 Å². The van der Waals surface area contributed by atoms with E-state index in [1.165, 1.54) is 4.90 Å². The van der Waals surface area contributed by atoms with Gasteiger partial charge in [-0.3, -0.25) is 4.98 Å². The van der Waals surface area contributed by atoms with Crippen LogP contribution in [0.4, 0.5) is 0 Å². The Morgan fingerprint density at radius 2 is 2.00 bits per heavy atom. The third-order valence-corrected chi connectivity index (χ3v) is 2.71. The Bertz CT molecular complexity index is 154. The highest BCUT2D eigenvalue weighted by Gasteiger charge is 1.83. The molecule has 0 fully saturated rings. The van der Waals surface area contributed by atoms with Crippen LogP contribution in [0.25, 0.3) is 0 Å². The number of hydrogen-bond acceptors (Lipinski definition) is 2. The molecule has 0 N–H and O–H groups in total. The quantitative estimate of drug-likeness (QED) is 0.696. The lowest BCUT2D eigenvalue weighted by atomic mass is 10.5. The predicted octanol–water partition coefficient (Wildman–Crippen LogP) is 2.52. The van der Waals surface area contributed by atoms with E-state index < -0.39 is 0 Å². The zero-order valence-electron chi connectivity index (χ0n) is 4.04. The molecule has 0 aliphatic heterocycles. The van der Waals surface area contributed by atoms with Crippen molar-refractivity contribution in [1.82, 2.24) is 4.98 Å². The van der Waals surface area contributed by atoms with E-state index in [1.54, 1.807) is 21.3 Å². The Hall–Kier alpha value is 0.230. The molecule has 1 heterocycles. The lowest BCUT2D eigenvalue weighted by Crippen LogP contribution is -1.66. The second kappa shape index (κ2) is 3.29. The number of rotatable bonds is 1. The van der Waals surface area contributed by atoms with E-state index in [2.05, 4.69) is 26.2 Å². The van der Waals surface area contributed by atoms with Crippen LogP contribution in [0.1, 0.15) is 0 Å². The Morgan fingerprint density at radius 1 is 1.38 bits per heavy atom. The van der Waals surface area contributed by atoms with Gasteiger partial charge in [-0.2, -0.15) is 0 Å². The van der Waals surface area contributed by atoms with Gasteiger partial charge in [-0.05, 0) is 12.1 Å². The number of hydrogen-bond donors (Lipinski definition) is 0. The molecule has 0 aromatic carbocycles. The average Bonchev–Trinajstić information content (AvgIpc) is 1.90. The highest BCUT2D eigenvalue weighted by atomic mass is 127. The van der Waals surface area contributed by atoms with E-state index in [1.807, 2.05) is 12.1 Å². The molecule has 1 aromatic heterocycles. The highest BCUT2D eigenvalue weighted by Crippen LogP contribution is 2.22. The summed E-state index contributed by atoms with van der Waals surface area (Å²) in [4.78, 5) is 5.13. The number of pyridine rings is 1. The molecule has 0 radical (unpaired) electrons. The van der Waals surface area contributed by atoms with E-state index in [0.29, 0.717) is 0 Å². The highest BCUT2D eigenvalue weighted by molar-refractivity contribution is 14.2. The van der Waals surface area contributed by atoms with Crippen molar-refractivity contribution in [1.29, 1.82) is 0 Å². The van der Waals surface area contributed by atoms with Gasteiger partial charge in [-0.25, -0.2) is 0 Å². The van der Waals surface area contributed by atoms with Crippen LogP contribution in [0.2, 0.25) is 0 Å². The molecule has 0 unspecified atom stereocenters. The summed E-state index contributed by atoms with van der Waals surface area (Å²) in [7, 11) is 1.70. The largest absolute Gasteiger partial charge is 0.265 e. The molecule has 3 heteroatoms. The second-order valence-electron chi connectivity index (χ2n) is 1.26. The van der Waals surface area contributed by atoms with Gasteiger partial charge >= 0.3 is 0 Å². The SMILES string of the molecule is ISc1ccncc1. The molecule has 1 nitrogen and oxygen atoms in total. The summed E-state index contributed by atoms with van der Waals surface area (Å²) >= 11 is 2.24. The minimum atomic E-state index is 1.25. The van der Waals surface area contributed by atoms with Gasteiger partial charge in [-0.1, -0.05) is 8.93 Å². The van der Waals surface area contributed by atoms with Crippen molar-refractivity contribution in [3.8, 4) is 0 Å². The fourth-order valence-electron chi connectivity index (χ4n) is 0.390. The summed E-state index contributed by atoms with van der Waals surface area (Å²) in [5.74, 6) is 0. The van der Waals surface area contributed by atoms with Gasteiger partial charge < -0.3 is 0 Å². The van der Waals surface area contributed by atoms with Gasteiger partial charge in [0.25, 0.3) is 0 Å². The molecular formula is C5H4INS. The zero-order valence-corrected chi connectivity index (χ0v) is 7.02. The fraction of sp³-hybridized carbons (Fsp3) is 0. The maximum Gasteiger partial charge on any atom is 0.0279 e. The molecular weight excluding hydrogens is 233 g/mol. The van der Waals surface area contributed by atoms with Gasteiger partial charge in [0.05, 0.1) is 0 Å². The van der Waals surface area contributed by atoms with Gasteiger partial charge in [0.1, 0.15) is 0 Å². The lowest BCUT2D eigenvalue weighted by Gasteiger charge is -1.86. The first-order valence-corrected chi connectivity index (χ1v) is 5.48. The zero-order chi connectivity index (χ0) is 5.82. The molecule has 0 saturated heterocycles. The summed E-state index contributed by atoms with van der Waals surface area (Å²) in [5, 5.41) is 0. The molecule has 8 heavy (non-hydrogen) atoms. The number of halogens is 1. The number of aromatic nitrogens is 1. The van der Waals surface area contributed by atoms with Crippen LogP contribution < -0.4 is 0 Å². The van der Waals surface area contributed by atoms with Crippen LogP contribution in [0, 0.1) is 0 Å². The van der Waals surface area contributed by atoms with Crippen molar-refractivity contribution in [2.24, 2.45) is 0 Å². The summed E-state index contributed by atoms with van der Waals surface area (Å²) in [5.41, 5.74) is 0. The lowest BCUT2D eigenvalue weighted by molar-refractivity contribution is 1.27. The van der Waals surface area contributed by atoms with Crippen LogP contribution in [-0.2, 0) is 0 Å². The minimum absolute atomic E-state index is 1.25. The molecule has 1 aromatic rings. The maximum atomic E-state index is 3.88. The van der Waals surface area contributed by atoms with Crippen molar-refractivity contribution in [2.45, 2.75) is 4.90 Å². The minimum Gasteiger partial charge on any atom is -0.265 e. The van der Waals surface area contributed by atoms with Gasteiger partial charge in [0, 0.05) is 38.5 Å². The first kappa shape index (κ1) is 6.35. The molecule has 0 amide bonds. The van der Waals surface area contributed by atoms with E-state index in [0.717, 1.165) is 0 Å². The van der Waals surface area contributed by atoms with Gasteiger partial charge in [-0.15, -0.1) is 0 Å². The van der Waals surface area contributed by atoms with Crippen LogP contribution >= 0.6 is 30.1 Å². The monoisotopic (exact) mass is 237 g/mol. The Morgan fingerprint density at radius 3 is 2.38 bits per heavy atom. The van der Waals surface area contributed by atoms with Crippen molar-refractivity contribution in [3.05, 3.63) is 24.5 Å². The maximum absolute atomic E-state index is 3.88. The van der Waals surface area contributed by atoms with Gasteiger partial charge in [0.2, 0.25) is 0 Å². The normalized spacial score (nSPS) is 9.12. The Kier molecular flexibility index (Phi) is 2.62. The number of nitrogens with zero attached hydrogens (tertiary/aromatic N) is 1. The summed E-state index contributed by atoms with van der Waals surface area (Å²) in [6.45, 7) is 0. The van der Waals surface area contributed by atoms with Crippen molar-refractivity contribution >= 4 is 30.1 Å². The third-order valence-electron chi connectivity index (χ3n) is 0.739. The Balaban J connectivity index is 2.83. The van der Waals surface area contributed by atoms with Crippen molar-refractivity contribution in [3.63, 3.8) is 0 Å². The molecule has 0 aliphatic rings. The standard InChI is InChI=1S/C5H4INS/c6-8-5-1-3-7-4-2-5/h1-4H. The smallest absolute Gasteiger partial charge is 0.0279 e. The molecule has 0 atom stereocenters. The van der Waals surface area contributed by atoms with E-state index in [-0.39, 0.29) is 0 Å². The second-order valence-corrected chi connectivity index (χ2v) is 3.21. The van der Waals surface area contributed by atoms with Crippen LogP contribution in [-0.4, -0.2) is 4.98 Å². The molecule has 1 rings (SSSR count). The average molecular weight is 237 g/mol. The van der Waals surface area contributed by atoms with Crippen LogP contribution in [0.3, 0.4) is 0 Å². The van der Waals surface area contributed by atoms with E-state index >= 15 is 0 Å². The van der Waals surface area contributed by atoms with Gasteiger partial charge in [0.15, 0.2) is 0 Å². The summed E-state index contributed by atoms with van der Waals surface area (Å²) < 4.78 is 0. The fourth-order valence-corrected chi connectivity index (χ4v) is 1.50. The first-order chi connectivity index (χ1) is 3.93. The van der Waals surface area contributed by atoms with E-state index in [9.17, 15) is 0 Å². The van der Waals surface area contributed by atoms with Crippen molar-refractivity contribution in [2.75, 3.05) is 0 Å². The summed E-state index contributed by atoms with van der Waals surface area (Å²) in [6, 6.07) is 3.97. The molecule has 0 aliphatic carbocycles. The molecule has 0 bridgehead atoms. The molecule has 0 spiro atoms. The third kappa shape index (κ3) is 1.63. The predicted molar refractivity (Wildman–Crippen MR) is 44.1 cm³/mol. The molecule has 0 saturated carbocycles. The van der Waals surface area contributed by atoms with E-state index in [4.69, 9.17) is 0 Å².